The lowest BCUT2D eigenvalue weighted by atomic mass is 10.0. The smallest absolute Gasteiger partial charge is 0.251 e. The van der Waals surface area contributed by atoms with Crippen molar-refractivity contribution in [1.29, 1.82) is 0 Å². The Bertz CT molecular complexity index is 1190. The van der Waals surface area contributed by atoms with E-state index < -0.39 is 0 Å². The molecule has 6 heteroatoms. The first-order chi connectivity index (χ1) is 16.5. The third-order valence-corrected chi connectivity index (χ3v) is 6.04. The SMILES string of the molecule is CCOc1cc(CNC(=O)c2ccc(-c3ccc4c(c3)CCN4C(=O)CC)cc2)ccc1OC. The number of nitrogens with one attached hydrogen (secondary N) is 1. The molecule has 0 aliphatic carbocycles. The van der Waals surface area contributed by atoms with Gasteiger partial charge in [0.05, 0.1) is 13.7 Å². The van der Waals surface area contributed by atoms with E-state index in [4.69, 9.17) is 9.47 Å². The van der Waals surface area contributed by atoms with Crippen molar-refractivity contribution in [2.24, 2.45) is 0 Å². The highest BCUT2D eigenvalue weighted by molar-refractivity contribution is 5.96. The lowest BCUT2D eigenvalue weighted by Crippen LogP contribution is -2.27. The summed E-state index contributed by atoms with van der Waals surface area (Å²) in [6.07, 6.45) is 1.38. The Morgan fingerprint density at radius 1 is 0.941 bits per heavy atom. The lowest BCUT2D eigenvalue weighted by Gasteiger charge is -2.16. The number of hydrogen-bond acceptors (Lipinski definition) is 4. The number of carbonyl (C=O) groups excluding carboxylic acids is 2. The molecule has 176 valence electrons. The van der Waals surface area contributed by atoms with Crippen molar-refractivity contribution < 1.29 is 19.1 Å². The van der Waals surface area contributed by atoms with Gasteiger partial charge in [-0.25, -0.2) is 0 Å². The maximum absolute atomic E-state index is 12.7. The first-order valence-corrected chi connectivity index (χ1v) is 11.7. The fraction of sp³-hybridized carbons (Fsp3) is 0.286. The molecule has 0 saturated heterocycles. The zero-order valence-corrected chi connectivity index (χ0v) is 19.9. The molecule has 4 rings (SSSR count). The Morgan fingerprint density at radius 2 is 1.71 bits per heavy atom. The molecule has 2 amide bonds. The van der Waals surface area contributed by atoms with E-state index in [-0.39, 0.29) is 11.8 Å². The van der Waals surface area contributed by atoms with E-state index in [1.165, 1.54) is 5.56 Å². The summed E-state index contributed by atoms with van der Waals surface area (Å²) in [5.41, 5.74) is 5.85. The second kappa shape index (κ2) is 10.4. The zero-order chi connectivity index (χ0) is 24.1. The Hall–Kier alpha value is -3.80. The highest BCUT2D eigenvalue weighted by atomic mass is 16.5. The van der Waals surface area contributed by atoms with E-state index in [2.05, 4.69) is 11.4 Å². The number of methoxy groups -OCH3 is 1. The maximum Gasteiger partial charge on any atom is 0.251 e. The van der Waals surface area contributed by atoms with Gasteiger partial charge in [-0.2, -0.15) is 0 Å². The summed E-state index contributed by atoms with van der Waals surface area (Å²) in [6, 6.07) is 19.4. The third kappa shape index (κ3) is 4.91. The van der Waals surface area contributed by atoms with Crippen molar-refractivity contribution in [2.75, 3.05) is 25.2 Å². The molecule has 1 aliphatic heterocycles. The van der Waals surface area contributed by atoms with Gasteiger partial charge in [0.25, 0.3) is 5.91 Å². The van der Waals surface area contributed by atoms with E-state index in [0.717, 1.165) is 35.3 Å². The Morgan fingerprint density at radius 3 is 2.41 bits per heavy atom. The summed E-state index contributed by atoms with van der Waals surface area (Å²) in [6.45, 7) is 5.48. The van der Waals surface area contributed by atoms with E-state index in [9.17, 15) is 9.59 Å². The predicted molar refractivity (Wildman–Crippen MR) is 134 cm³/mol. The predicted octanol–water partition coefficient (Wildman–Crippen LogP) is 4.99. The van der Waals surface area contributed by atoms with Gasteiger partial charge in [-0.15, -0.1) is 0 Å². The minimum absolute atomic E-state index is 0.136. The normalized spacial score (nSPS) is 12.3. The quantitative estimate of drug-likeness (QED) is 0.516. The van der Waals surface area contributed by atoms with E-state index in [1.807, 2.05) is 73.3 Å². The van der Waals surface area contributed by atoms with Crippen LogP contribution < -0.4 is 19.7 Å². The minimum Gasteiger partial charge on any atom is -0.493 e. The topological polar surface area (TPSA) is 67.9 Å². The highest BCUT2D eigenvalue weighted by Gasteiger charge is 2.23. The van der Waals surface area contributed by atoms with Crippen LogP contribution in [0.15, 0.2) is 60.7 Å². The zero-order valence-electron chi connectivity index (χ0n) is 19.9. The van der Waals surface area contributed by atoms with Gasteiger partial charge in [0.15, 0.2) is 11.5 Å². The number of nitrogens with zero attached hydrogens (tertiary/aromatic N) is 1. The molecule has 34 heavy (non-hydrogen) atoms. The van der Waals surface area contributed by atoms with Crippen LogP contribution in [0.4, 0.5) is 5.69 Å². The van der Waals surface area contributed by atoms with Crippen LogP contribution in [0.25, 0.3) is 11.1 Å². The number of amides is 2. The standard InChI is InChI=1S/C28H30N2O4/c1-4-27(31)30-15-14-23-17-22(11-12-24(23)30)20-7-9-21(10-8-20)28(32)29-18-19-6-13-25(33-3)26(16-19)34-5-2/h6-13,16-17H,4-5,14-15,18H2,1-3H3,(H,29,32). The lowest BCUT2D eigenvalue weighted by molar-refractivity contribution is -0.118. The number of rotatable bonds is 8. The van der Waals surface area contributed by atoms with Crippen molar-refractivity contribution in [1.82, 2.24) is 5.32 Å². The molecule has 3 aromatic rings. The molecule has 1 N–H and O–H groups in total. The molecule has 6 nitrogen and oxygen atoms in total. The first kappa shape index (κ1) is 23.4. The summed E-state index contributed by atoms with van der Waals surface area (Å²) in [7, 11) is 1.60. The second-order valence-electron chi connectivity index (χ2n) is 8.17. The molecule has 0 saturated carbocycles. The molecule has 0 aromatic heterocycles. The van der Waals surface area contributed by atoms with Crippen LogP contribution in [0.5, 0.6) is 11.5 Å². The van der Waals surface area contributed by atoms with Gasteiger partial charge in [-0.05, 0) is 72.0 Å². The molecule has 0 bridgehead atoms. The average Bonchev–Trinajstić information content (AvgIpc) is 3.30. The molecule has 0 spiro atoms. The summed E-state index contributed by atoms with van der Waals surface area (Å²) >= 11 is 0. The van der Waals surface area contributed by atoms with Crippen LogP contribution in [0.2, 0.25) is 0 Å². The van der Waals surface area contributed by atoms with Crippen LogP contribution in [0, 0.1) is 0 Å². The van der Waals surface area contributed by atoms with Crippen molar-refractivity contribution >= 4 is 17.5 Å². The average molecular weight is 459 g/mol. The molecule has 0 atom stereocenters. The van der Waals surface area contributed by atoms with Crippen molar-refractivity contribution in [2.45, 2.75) is 33.2 Å². The molecular weight excluding hydrogens is 428 g/mol. The van der Waals surface area contributed by atoms with Crippen LogP contribution >= 0.6 is 0 Å². The number of ether oxygens (including phenoxy) is 2. The molecule has 3 aromatic carbocycles. The van der Waals surface area contributed by atoms with Crippen molar-refractivity contribution in [3.8, 4) is 22.6 Å². The first-order valence-electron chi connectivity index (χ1n) is 11.7. The maximum atomic E-state index is 12.7. The van der Waals surface area contributed by atoms with Crippen LogP contribution in [0.1, 0.15) is 41.8 Å². The highest BCUT2D eigenvalue weighted by Crippen LogP contribution is 2.33. The summed E-state index contributed by atoms with van der Waals surface area (Å²) in [5.74, 6) is 1.36. The fourth-order valence-corrected chi connectivity index (χ4v) is 4.23. The second-order valence-corrected chi connectivity index (χ2v) is 8.17. The number of hydrogen-bond donors (Lipinski definition) is 1. The third-order valence-electron chi connectivity index (χ3n) is 6.04. The summed E-state index contributed by atoms with van der Waals surface area (Å²) in [4.78, 5) is 26.7. The fourth-order valence-electron chi connectivity index (χ4n) is 4.23. The number of benzene rings is 3. The van der Waals surface area contributed by atoms with Gasteiger partial charge in [0, 0.05) is 30.8 Å². The van der Waals surface area contributed by atoms with Crippen molar-refractivity contribution in [3.63, 3.8) is 0 Å². The van der Waals surface area contributed by atoms with E-state index in [1.54, 1.807) is 7.11 Å². The summed E-state index contributed by atoms with van der Waals surface area (Å²) < 4.78 is 10.9. The minimum atomic E-state index is -0.136. The monoisotopic (exact) mass is 458 g/mol. The number of carbonyl (C=O) groups is 2. The summed E-state index contributed by atoms with van der Waals surface area (Å²) in [5, 5.41) is 2.96. The van der Waals surface area contributed by atoms with Gasteiger partial charge in [-0.1, -0.05) is 31.2 Å². The molecular formula is C28H30N2O4. The molecule has 1 heterocycles. The Labute approximate surface area is 200 Å². The number of fused-ring (bicyclic) bond motifs is 1. The Balaban J connectivity index is 1.42. The van der Waals surface area contributed by atoms with E-state index in [0.29, 0.717) is 36.6 Å². The van der Waals surface area contributed by atoms with Gasteiger partial charge in [0.1, 0.15) is 0 Å². The van der Waals surface area contributed by atoms with Crippen LogP contribution in [0.3, 0.4) is 0 Å². The number of anilines is 1. The molecule has 0 unspecified atom stereocenters. The van der Waals surface area contributed by atoms with Gasteiger partial charge < -0.3 is 19.7 Å². The van der Waals surface area contributed by atoms with Crippen LogP contribution in [-0.2, 0) is 17.8 Å². The van der Waals surface area contributed by atoms with E-state index >= 15 is 0 Å². The largest absolute Gasteiger partial charge is 0.493 e. The molecule has 1 aliphatic rings. The molecule has 0 fully saturated rings. The van der Waals surface area contributed by atoms with Crippen molar-refractivity contribution in [3.05, 3.63) is 77.4 Å². The van der Waals surface area contributed by atoms with Crippen LogP contribution in [-0.4, -0.2) is 32.1 Å². The molecule has 0 radical (unpaired) electrons. The Kier molecular flexibility index (Phi) is 7.16. The van der Waals surface area contributed by atoms with Gasteiger partial charge in [-0.3, -0.25) is 9.59 Å². The van der Waals surface area contributed by atoms with Gasteiger partial charge in [0.2, 0.25) is 5.91 Å². The van der Waals surface area contributed by atoms with Gasteiger partial charge >= 0.3 is 0 Å².